The number of nitrogens with one attached hydrogen (secondary N) is 1. The lowest BCUT2D eigenvalue weighted by Crippen LogP contribution is -2.06. The Labute approximate surface area is 46.6 Å². The average Bonchev–Trinajstić information content (AvgIpc) is 1.91. The van der Waals surface area contributed by atoms with E-state index in [0.29, 0.717) is 0 Å². The van der Waals surface area contributed by atoms with Gasteiger partial charge in [-0.2, -0.15) is 0 Å². The first-order valence-corrected chi connectivity index (χ1v) is 3.01. The summed E-state index contributed by atoms with van der Waals surface area (Å²) in [4.78, 5) is 0. The Morgan fingerprint density at radius 1 is 1.29 bits per heavy atom. The van der Waals surface area contributed by atoms with Crippen LogP contribution >= 0.6 is 0 Å². The van der Waals surface area contributed by atoms with Gasteiger partial charge in [-0.05, 0) is 24.9 Å². The van der Waals surface area contributed by atoms with Crippen LogP contribution in [0, 0.1) is 11.8 Å². The molecule has 1 aliphatic rings. The van der Waals surface area contributed by atoms with Gasteiger partial charge in [0.15, 0.2) is 0 Å². The van der Waals surface area contributed by atoms with Crippen LogP contribution in [0.4, 0.5) is 0 Å². The fourth-order valence-electron chi connectivity index (χ4n) is 0.941. The van der Waals surface area contributed by atoms with E-state index in [4.69, 9.17) is 0 Å². The summed E-state index contributed by atoms with van der Waals surface area (Å²) in [5, 5.41) is 3.32. The Hall–Kier alpha value is -0.0400. The summed E-state index contributed by atoms with van der Waals surface area (Å²) in [6.07, 6.45) is 0. The molecule has 0 bridgehead atoms. The Morgan fingerprint density at radius 3 is 1.86 bits per heavy atom. The Balaban J connectivity index is 0.000000490. The third-order valence-corrected chi connectivity index (χ3v) is 1.90. The standard InChI is InChI=1S/C6H13N.H2/c1-5-3-7-4-6(5)2;/h5-7H,3-4H2,1-2H3;1H/t5-,6-;/m1./s1. The molecule has 0 aliphatic carbocycles. The van der Waals surface area contributed by atoms with Crippen LogP contribution in [0.25, 0.3) is 0 Å². The summed E-state index contributed by atoms with van der Waals surface area (Å²) in [5.74, 6) is 1.81. The molecule has 0 unspecified atom stereocenters. The molecule has 0 radical (unpaired) electrons. The highest BCUT2D eigenvalue weighted by Crippen LogP contribution is 2.13. The molecule has 1 saturated heterocycles. The van der Waals surface area contributed by atoms with Crippen LogP contribution in [0.2, 0.25) is 0 Å². The first-order chi connectivity index (χ1) is 3.30. The number of hydrogen-bond donors (Lipinski definition) is 1. The van der Waals surface area contributed by atoms with Gasteiger partial charge in [-0.1, -0.05) is 13.8 Å². The predicted octanol–water partition coefficient (Wildman–Crippen LogP) is 1.11. The molecule has 1 heterocycles. The third kappa shape index (κ3) is 0.942. The maximum absolute atomic E-state index is 3.32. The van der Waals surface area contributed by atoms with Crippen molar-refractivity contribution in [3.8, 4) is 0 Å². The predicted molar refractivity (Wildman–Crippen MR) is 33.3 cm³/mol. The van der Waals surface area contributed by atoms with Crippen molar-refractivity contribution in [3.63, 3.8) is 0 Å². The molecule has 1 heteroatoms. The van der Waals surface area contributed by atoms with Crippen molar-refractivity contribution in [1.29, 1.82) is 0 Å². The molecule has 0 aromatic rings. The minimum absolute atomic E-state index is 0. The van der Waals surface area contributed by atoms with E-state index in [0.717, 1.165) is 11.8 Å². The van der Waals surface area contributed by atoms with Crippen molar-refractivity contribution in [3.05, 3.63) is 0 Å². The van der Waals surface area contributed by atoms with E-state index in [1.54, 1.807) is 0 Å². The van der Waals surface area contributed by atoms with Gasteiger partial charge in [0.25, 0.3) is 0 Å². The number of rotatable bonds is 0. The molecule has 0 saturated carbocycles. The van der Waals surface area contributed by atoms with Crippen molar-refractivity contribution in [2.75, 3.05) is 13.1 Å². The van der Waals surface area contributed by atoms with Crippen LogP contribution < -0.4 is 5.32 Å². The van der Waals surface area contributed by atoms with E-state index in [-0.39, 0.29) is 1.43 Å². The zero-order valence-electron chi connectivity index (χ0n) is 5.07. The second-order valence-corrected chi connectivity index (χ2v) is 2.61. The summed E-state index contributed by atoms with van der Waals surface area (Å²) >= 11 is 0. The average molecular weight is 101 g/mol. The van der Waals surface area contributed by atoms with Crippen LogP contribution in [0.5, 0.6) is 0 Å². The first kappa shape index (κ1) is 5.10. The summed E-state index contributed by atoms with van der Waals surface area (Å²) < 4.78 is 0. The molecule has 1 rings (SSSR count). The largest absolute Gasteiger partial charge is 0.316 e. The molecule has 44 valence electrons. The van der Waals surface area contributed by atoms with Gasteiger partial charge in [0.05, 0.1) is 0 Å². The van der Waals surface area contributed by atoms with Crippen molar-refractivity contribution in [1.82, 2.24) is 5.32 Å². The van der Waals surface area contributed by atoms with Gasteiger partial charge in [0.2, 0.25) is 0 Å². The molecular weight excluding hydrogens is 86.1 g/mol. The fraction of sp³-hybridized carbons (Fsp3) is 1.00. The Kier molecular flexibility index (Phi) is 1.33. The Morgan fingerprint density at radius 2 is 1.71 bits per heavy atom. The summed E-state index contributed by atoms with van der Waals surface area (Å²) in [7, 11) is 0. The monoisotopic (exact) mass is 101 g/mol. The SMILES string of the molecule is C[C@@H]1CNC[C@H]1C.[HH]. The lowest BCUT2D eigenvalue weighted by atomic mass is 10.0. The van der Waals surface area contributed by atoms with Crippen molar-refractivity contribution in [2.45, 2.75) is 13.8 Å². The van der Waals surface area contributed by atoms with Crippen molar-refractivity contribution in [2.24, 2.45) is 11.8 Å². The third-order valence-electron chi connectivity index (χ3n) is 1.90. The maximum Gasteiger partial charge on any atom is 0 e. The normalized spacial score (nSPS) is 42.0. The first-order valence-electron chi connectivity index (χ1n) is 3.01. The fourth-order valence-corrected chi connectivity index (χ4v) is 0.941. The smallest absolute Gasteiger partial charge is 0 e. The molecule has 1 aliphatic heterocycles. The second-order valence-electron chi connectivity index (χ2n) is 2.61. The van der Waals surface area contributed by atoms with Gasteiger partial charge in [-0.15, -0.1) is 0 Å². The molecule has 0 aromatic heterocycles. The highest BCUT2D eigenvalue weighted by atomic mass is 14.9. The lowest BCUT2D eigenvalue weighted by Gasteiger charge is -2.03. The molecule has 1 N–H and O–H groups in total. The topological polar surface area (TPSA) is 12.0 Å². The van der Waals surface area contributed by atoms with Crippen LogP contribution in [0.3, 0.4) is 0 Å². The zero-order chi connectivity index (χ0) is 5.28. The summed E-state index contributed by atoms with van der Waals surface area (Å²) in [6.45, 7) is 7.04. The van der Waals surface area contributed by atoms with E-state index in [1.807, 2.05) is 0 Å². The van der Waals surface area contributed by atoms with Gasteiger partial charge in [0, 0.05) is 1.43 Å². The quantitative estimate of drug-likeness (QED) is 0.482. The molecule has 0 aromatic carbocycles. The number of hydrogen-bond acceptors (Lipinski definition) is 1. The molecule has 2 atom stereocenters. The molecule has 0 amide bonds. The molecule has 1 fully saturated rings. The van der Waals surface area contributed by atoms with E-state index < -0.39 is 0 Å². The minimum atomic E-state index is 0. The molecule has 1 nitrogen and oxygen atoms in total. The molecular formula is C6H15N. The van der Waals surface area contributed by atoms with Gasteiger partial charge < -0.3 is 5.32 Å². The van der Waals surface area contributed by atoms with Crippen LogP contribution in [0.1, 0.15) is 15.3 Å². The summed E-state index contributed by atoms with van der Waals surface area (Å²) in [5.41, 5.74) is 0. The van der Waals surface area contributed by atoms with Crippen LogP contribution in [0.15, 0.2) is 0 Å². The van der Waals surface area contributed by atoms with Crippen molar-refractivity contribution < 1.29 is 1.43 Å². The van der Waals surface area contributed by atoms with Gasteiger partial charge in [-0.25, -0.2) is 0 Å². The van der Waals surface area contributed by atoms with E-state index in [9.17, 15) is 0 Å². The van der Waals surface area contributed by atoms with Crippen molar-refractivity contribution >= 4 is 0 Å². The second kappa shape index (κ2) is 1.83. The van der Waals surface area contributed by atoms with E-state index in [1.165, 1.54) is 13.1 Å². The zero-order valence-corrected chi connectivity index (χ0v) is 5.07. The minimum Gasteiger partial charge on any atom is -0.316 e. The van der Waals surface area contributed by atoms with E-state index >= 15 is 0 Å². The lowest BCUT2D eigenvalue weighted by molar-refractivity contribution is 0.494. The highest BCUT2D eigenvalue weighted by molar-refractivity contribution is 4.73. The molecule has 7 heavy (non-hydrogen) atoms. The van der Waals surface area contributed by atoms with E-state index in [2.05, 4.69) is 19.2 Å². The Bertz CT molecular complexity index is 57.5. The van der Waals surface area contributed by atoms with Gasteiger partial charge in [0.1, 0.15) is 0 Å². The maximum atomic E-state index is 3.32. The highest BCUT2D eigenvalue weighted by Gasteiger charge is 2.16. The van der Waals surface area contributed by atoms with Crippen LogP contribution in [-0.4, -0.2) is 13.1 Å². The van der Waals surface area contributed by atoms with Gasteiger partial charge >= 0.3 is 0 Å². The van der Waals surface area contributed by atoms with Crippen LogP contribution in [-0.2, 0) is 0 Å². The molecule has 0 spiro atoms. The van der Waals surface area contributed by atoms with Gasteiger partial charge in [-0.3, -0.25) is 0 Å². The summed E-state index contributed by atoms with van der Waals surface area (Å²) in [6, 6.07) is 0.